The number of alkyl halides is 1. The number of ether oxygens (including phenoxy) is 2. The molecule has 0 saturated carbocycles. The molecule has 2 aliphatic rings. The number of carbonyl (C=O) groups is 1. The van der Waals surface area contributed by atoms with Crippen molar-refractivity contribution in [2.75, 3.05) is 12.5 Å². The highest BCUT2D eigenvalue weighted by molar-refractivity contribution is 6.17. The van der Waals surface area contributed by atoms with Gasteiger partial charge in [0, 0.05) is 18.3 Å². The van der Waals surface area contributed by atoms with Crippen LogP contribution in [0.15, 0.2) is 0 Å². The summed E-state index contributed by atoms with van der Waals surface area (Å²) in [6, 6.07) is 0.128. The fourth-order valence-corrected chi connectivity index (χ4v) is 2.84. The van der Waals surface area contributed by atoms with E-state index in [1.54, 1.807) is 0 Å². The van der Waals surface area contributed by atoms with Crippen LogP contribution in [-0.4, -0.2) is 42.7 Å². The first-order chi connectivity index (χ1) is 8.24. The molecule has 5 heteroatoms. The van der Waals surface area contributed by atoms with E-state index in [4.69, 9.17) is 21.1 Å². The number of hydrogen-bond donors (Lipinski definition) is 1. The summed E-state index contributed by atoms with van der Waals surface area (Å²) < 4.78 is 10.9. The van der Waals surface area contributed by atoms with Crippen molar-refractivity contribution >= 4 is 17.6 Å². The third kappa shape index (κ3) is 3.12. The third-order valence-corrected chi connectivity index (χ3v) is 3.71. The van der Waals surface area contributed by atoms with E-state index in [2.05, 4.69) is 5.32 Å². The zero-order valence-electron chi connectivity index (χ0n) is 10.2. The van der Waals surface area contributed by atoms with Crippen LogP contribution in [0.5, 0.6) is 0 Å². The van der Waals surface area contributed by atoms with Gasteiger partial charge in [-0.1, -0.05) is 0 Å². The van der Waals surface area contributed by atoms with Crippen molar-refractivity contribution in [3.05, 3.63) is 0 Å². The van der Waals surface area contributed by atoms with Crippen LogP contribution in [0.2, 0.25) is 0 Å². The van der Waals surface area contributed by atoms with E-state index in [-0.39, 0.29) is 18.1 Å². The fourth-order valence-electron chi connectivity index (χ4n) is 2.68. The second-order valence-electron chi connectivity index (χ2n) is 4.68. The SMILES string of the molecule is CCOC(=O)C1CC2OC(CCCCl)CC2N1. The molecule has 2 heterocycles. The van der Waals surface area contributed by atoms with Crippen molar-refractivity contribution < 1.29 is 14.3 Å². The van der Waals surface area contributed by atoms with Crippen LogP contribution in [0.3, 0.4) is 0 Å². The molecule has 0 aromatic carbocycles. The summed E-state index contributed by atoms with van der Waals surface area (Å²) in [4.78, 5) is 11.6. The number of nitrogens with one attached hydrogen (secondary N) is 1. The van der Waals surface area contributed by atoms with Crippen LogP contribution in [0.25, 0.3) is 0 Å². The molecule has 0 radical (unpaired) electrons. The van der Waals surface area contributed by atoms with Crippen molar-refractivity contribution in [3.8, 4) is 0 Å². The monoisotopic (exact) mass is 261 g/mol. The van der Waals surface area contributed by atoms with E-state index in [1.807, 2.05) is 6.92 Å². The van der Waals surface area contributed by atoms with Gasteiger partial charge >= 0.3 is 5.97 Å². The van der Waals surface area contributed by atoms with Gasteiger partial charge in [0.2, 0.25) is 0 Å². The molecule has 2 rings (SSSR count). The van der Waals surface area contributed by atoms with Crippen LogP contribution >= 0.6 is 11.6 Å². The Morgan fingerprint density at radius 3 is 3.00 bits per heavy atom. The van der Waals surface area contributed by atoms with Gasteiger partial charge in [0.05, 0.1) is 18.8 Å². The molecular weight excluding hydrogens is 242 g/mol. The summed E-state index contributed by atoms with van der Waals surface area (Å²) in [5, 5.41) is 3.31. The van der Waals surface area contributed by atoms with Gasteiger partial charge in [0.15, 0.2) is 0 Å². The highest BCUT2D eigenvalue weighted by Gasteiger charge is 2.44. The van der Waals surface area contributed by atoms with Gasteiger partial charge in [-0.3, -0.25) is 10.1 Å². The van der Waals surface area contributed by atoms with Gasteiger partial charge in [-0.15, -0.1) is 11.6 Å². The quantitative estimate of drug-likeness (QED) is 0.601. The average molecular weight is 262 g/mol. The van der Waals surface area contributed by atoms with Gasteiger partial charge in [-0.05, 0) is 26.2 Å². The smallest absolute Gasteiger partial charge is 0.323 e. The minimum Gasteiger partial charge on any atom is -0.465 e. The highest BCUT2D eigenvalue weighted by atomic mass is 35.5. The van der Waals surface area contributed by atoms with Crippen LogP contribution in [0.4, 0.5) is 0 Å². The lowest BCUT2D eigenvalue weighted by Gasteiger charge is -2.14. The lowest BCUT2D eigenvalue weighted by atomic mass is 10.1. The molecule has 2 fully saturated rings. The standard InChI is InChI=1S/C12H20ClNO3/c1-2-16-12(15)10-7-11-9(14-10)6-8(17-11)4-3-5-13/h8-11,14H,2-7H2,1H3. The third-order valence-electron chi connectivity index (χ3n) is 3.45. The van der Waals surface area contributed by atoms with Gasteiger partial charge in [0.1, 0.15) is 6.04 Å². The molecule has 17 heavy (non-hydrogen) atoms. The largest absolute Gasteiger partial charge is 0.465 e. The minimum absolute atomic E-state index is 0.150. The molecule has 98 valence electrons. The van der Waals surface area contributed by atoms with E-state index in [0.717, 1.165) is 25.7 Å². The summed E-state index contributed by atoms with van der Waals surface area (Å²) in [6.07, 6.45) is 4.21. The van der Waals surface area contributed by atoms with Crippen molar-refractivity contribution in [3.63, 3.8) is 0 Å². The molecule has 0 aromatic heterocycles. The summed E-state index contributed by atoms with van der Waals surface area (Å²) in [5.41, 5.74) is 0. The Balaban J connectivity index is 1.77. The second-order valence-corrected chi connectivity index (χ2v) is 5.05. The van der Waals surface area contributed by atoms with E-state index < -0.39 is 0 Å². The zero-order chi connectivity index (χ0) is 12.3. The van der Waals surface area contributed by atoms with E-state index in [0.29, 0.717) is 24.6 Å². The minimum atomic E-state index is -0.182. The predicted molar refractivity (Wildman–Crippen MR) is 65.2 cm³/mol. The summed E-state index contributed by atoms with van der Waals surface area (Å²) in [7, 11) is 0. The van der Waals surface area contributed by atoms with E-state index in [1.165, 1.54) is 0 Å². The number of halogens is 1. The predicted octanol–water partition coefficient (Wildman–Crippen LogP) is 1.46. The van der Waals surface area contributed by atoms with E-state index in [9.17, 15) is 4.79 Å². The van der Waals surface area contributed by atoms with Crippen molar-refractivity contribution in [1.82, 2.24) is 5.32 Å². The normalized spacial score (nSPS) is 35.9. The Hall–Kier alpha value is -0.320. The maximum Gasteiger partial charge on any atom is 0.323 e. The van der Waals surface area contributed by atoms with E-state index >= 15 is 0 Å². The van der Waals surface area contributed by atoms with Gasteiger partial charge in [-0.2, -0.15) is 0 Å². The van der Waals surface area contributed by atoms with Crippen molar-refractivity contribution in [2.24, 2.45) is 0 Å². The van der Waals surface area contributed by atoms with Gasteiger partial charge < -0.3 is 9.47 Å². The fraction of sp³-hybridized carbons (Fsp3) is 0.917. The summed E-state index contributed by atoms with van der Waals surface area (Å²) in [6.45, 7) is 2.26. The molecule has 4 nitrogen and oxygen atoms in total. The van der Waals surface area contributed by atoms with Crippen LogP contribution < -0.4 is 5.32 Å². The van der Waals surface area contributed by atoms with Crippen LogP contribution in [0.1, 0.15) is 32.6 Å². The zero-order valence-corrected chi connectivity index (χ0v) is 10.9. The molecule has 4 atom stereocenters. The van der Waals surface area contributed by atoms with Crippen molar-refractivity contribution in [1.29, 1.82) is 0 Å². The molecule has 0 aliphatic carbocycles. The van der Waals surface area contributed by atoms with Crippen LogP contribution in [-0.2, 0) is 14.3 Å². The maximum atomic E-state index is 11.6. The molecule has 0 bridgehead atoms. The molecule has 0 amide bonds. The van der Waals surface area contributed by atoms with Gasteiger partial charge in [0.25, 0.3) is 0 Å². The molecule has 1 N–H and O–H groups in total. The molecule has 4 unspecified atom stereocenters. The first kappa shape index (κ1) is 13.1. The first-order valence-corrected chi connectivity index (χ1v) is 6.92. The number of fused-ring (bicyclic) bond motifs is 1. The average Bonchev–Trinajstić information content (AvgIpc) is 2.84. The van der Waals surface area contributed by atoms with Crippen molar-refractivity contribution in [2.45, 2.75) is 56.9 Å². The molecular formula is C12H20ClNO3. The molecule has 2 saturated heterocycles. The lowest BCUT2D eigenvalue weighted by molar-refractivity contribution is -0.145. The highest BCUT2D eigenvalue weighted by Crippen LogP contribution is 2.31. The Morgan fingerprint density at radius 2 is 2.35 bits per heavy atom. The topological polar surface area (TPSA) is 47.6 Å². The molecule has 0 spiro atoms. The molecule has 0 aromatic rings. The number of hydrogen-bond acceptors (Lipinski definition) is 4. The summed E-state index contributed by atoms with van der Waals surface area (Å²) >= 11 is 5.67. The second kappa shape index (κ2) is 6.03. The summed E-state index contributed by atoms with van der Waals surface area (Å²) in [5.74, 6) is 0.538. The van der Waals surface area contributed by atoms with Crippen LogP contribution in [0, 0.1) is 0 Å². The Bertz CT molecular complexity index is 260. The number of carbonyl (C=O) groups excluding carboxylic acids is 1. The van der Waals surface area contributed by atoms with Gasteiger partial charge in [-0.25, -0.2) is 0 Å². The molecule has 2 aliphatic heterocycles. The number of rotatable bonds is 5. The number of esters is 1. The Labute approximate surface area is 107 Å². The first-order valence-electron chi connectivity index (χ1n) is 6.38. The lowest BCUT2D eigenvalue weighted by Crippen LogP contribution is -2.37. The maximum absolute atomic E-state index is 11.6. The Kier molecular flexibility index (Phi) is 4.65. The Morgan fingerprint density at radius 1 is 1.53 bits per heavy atom.